The van der Waals surface area contributed by atoms with E-state index in [2.05, 4.69) is 16.7 Å². The standard InChI is InChI=1S/C23H30N4O2.ClH/c1-3-29-23(28)21(27-19-10-8-16(9-11-19)22(24)25)17-12-15(2)13-20(14-17)26-18-6-4-5-7-18;/h8-14,18,21,26-27H,3-7H2,1-2H3,(H3,24,25);1H. The first-order valence-electron chi connectivity index (χ1n) is 10.2. The van der Waals surface area contributed by atoms with Crippen LogP contribution >= 0.6 is 12.4 Å². The monoisotopic (exact) mass is 430 g/mol. The largest absolute Gasteiger partial charge is 0.464 e. The number of carbonyl (C=O) groups excluding carboxylic acids is 1. The Kier molecular flexibility index (Phi) is 8.54. The lowest BCUT2D eigenvalue weighted by atomic mass is 10.0. The number of amidine groups is 1. The van der Waals surface area contributed by atoms with Gasteiger partial charge >= 0.3 is 5.97 Å². The third-order valence-corrected chi connectivity index (χ3v) is 5.19. The number of hydrogen-bond donors (Lipinski definition) is 4. The molecule has 0 bridgehead atoms. The molecule has 6 nitrogen and oxygen atoms in total. The van der Waals surface area contributed by atoms with Gasteiger partial charge in [0.05, 0.1) is 6.61 Å². The molecular formula is C23H31ClN4O2. The van der Waals surface area contributed by atoms with Crippen LogP contribution in [0.3, 0.4) is 0 Å². The first-order valence-corrected chi connectivity index (χ1v) is 10.2. The van der Waals surface area contributed by atoms with Crippen molar-refractivity contribution in [3.63, 3.8) is 0 Å². The number of benzene rings is 2. The van der Waals surface area contributed by atoms with Gasteiger partial charge in [-0.1, -0.05) is 18.9 Å². The van der Waals surface area contributed by atoms with Gasteiger partial charge in [-0.05, 0) is 74.2 Å². The van der Waals surface area contributed by atoms with Gasteiger partial charge in [-0.2, -0.15) is 0 Å². The van der Waals surface area contributed by atoms with E-state index in [4.69, 9.17) is 15.9 Å². The molecular weight excluding hydrogens is 400 g/mol. The van der Waals surface area contributed by atoms with Crippen molar-refractivity contribution in [2.24, 2.45) is 5.73 Å². The Balaban J connectivity index is 0.00000320. The second kappa shape index (κ2) is 10.9. The number of rotatable bonds is 8. The van der Waals surface area contributed by atoms with Crippen LogP contribution in [0, 0.1) is 12.3 Å². The van der Waals surface area contributed by atoms with Crippen molar-refractivity contribution in [3.8, 4) is 0 Å². The first-order chi connectivity index (χ1) is 14.0. The normalized spacial score (nSPS) is 14.5. The van der Waals surface area contributed by atoms with Gasteiger partial charge in [0, 0.05) is 23.0 Å². The number of nitrogen functional groups attached to an aromatic ring is 1. The van der Waals surface area contributed by atoms with E-state index in [1.807, 2.05) is 31.2 Å². The van der Waals surface area contributed by atoms with E-state index >= 15 is 0 Å². The number of aryl methyl sites for hydroxylation is 1. The Bertz CT molecular complexity index is 864. The molecule has 162 valence electrons. The van der Waals surface area contributed by atoms with Gasteiger partial charge in [-0.15, -0.1) is 12.4 Å². The minimum atomic E-state index is -0.623. The summed E-state index contributed by atoms with van der Waals surface area (Å²) in [6, 6.07) is 13.2. The van der Waals surface area contributed by atoms with Crippen molar-refractivity contribution in [1.29, 1.82) is 5.41 Å². The van der Waals surface area contributed by atoms with E-state index in [9.17, 15) is 4.79 Å². The molecule has 0 aliphatic heterocycles. The lowest BCUT2D eigenvalue weighted by Gasteiger charge is -2.21. The SMILES string of the molecule is CCOC(=O)C(Nc1ccc(C(=N)N)cc1)c1cc(C)cc(NC2CCCC2)c1.Cl. The number of nitrogens with one attached hydrogen (secondary N) is 3. The van der Waals surface area contributed by atoms with Crippen LogP contribution in [0.5, 0.6) is 0 Å². The number of anilines is 2. The predicted octanol–water partition coefficient (Wildman–Crippen LogP) is 4.77. The summed E-state index contributed by atoms with van der Waals surface area (Å²) in [7, 11) is 0. The summed E-state index contributed by atoms with van der Waals surface area (Å²) in [4.78, 5) is 12.7. The summed E-state index contributed by atoms with van der Waals surface area (Å²) < 4.78 is 5.33. The van der Waals surface area contributed by atoms with Crippen molar-refractivity contribution < 1.29 is 9.53 Å². The third-order valence-electron chi connectivity index (χ3n) is 5.19. The predicted molar refractivity (Wildman–Crippen MR) is 125 cm³/mol. The van der Waals surface area contributed by atoms with Crippen LogP contribution in [-0.4, -0.2) is 24.5 Å². The zero-order valence-electron chi connectivity index (χ0n) is 17.5. The van der Waals surface area contributed by atoms with Gasteiger partial charge < -0.3 is 21.1 Å². The summed E-state index contributed by atoms with van der Waals surface area (Å²) in [5, 5.41) is 14.4. The van der Waals surface area contributed by atoms with E-state index in [-0.39, 0.29) is 24.2 Å². The highest BCUT2D eigenvalue weighted by atomic mass is 35.5. The van der Waals surface area contributed by atoms with E-state index < -0.39 is 6.04 Å². The molecule has 0 amide bonds. The number of ether oxygens (including phenoxy) is 1. The highest BCUT2D eigenvalue weighted by Gasteiger charge is 2.23. The molecule has 3 rings (SSSR count). The minimum Gasteiger partial charge on any atom is -0.464 e. The summed E-state index contributed by atoms with van der Waals surface area (Å²) in [5.74, 6) is -0.305. The summed E-state index contributed by atoms with van der Waals surface area (Å²) >= 11 is 0. The number of nitrogens with two attached hydrogens (primary N) is 1. The van der Waals surface area contributed by atoms with Crippen LogP contribution in [0.1, 0.15) is 55.3 Å². The Hall–Kier alpha value is -2.73. The lowest BCUT2D eigenvalue weighted by molar-refractivity contribution is -0.144. The fraction of sp³-hybridized carbons (Fsp3) is 0.391. The highest BCUT2D eigenvalue weighted by molar-refractivity contribution is 5.95. The van der Waals surface area contributed by atoms with Crippen LogP contribution in [0.4, 0.5) is 11.4 Å². The number of carbonyl (C=O) groups is 1. The third kappa shape index (κ3) is 6.13. The molecule has 2 aromatic carbocycles. The molecule has 1 aliphatic rings. The lowest BCUT2D eigenvalue weighted by Crippen LogP contribution is -2.24. The average Bonchev–Trinajstić information content (AvgIpc) is 3.19. The molecule has 0 radical (unpaired) electrons. The van der Waals surface area contributed by atoms with Crippen LogP contribution < -0.4 is 16.4 Å². The minimum absolute atomic E-state index is 0. The quantitative estimate of drug-likeness (QED) is 0.274. The van der Waals surface area contributed by atoms with Crippen LogP contribution in [0.2, 0.25) is 0 Å². The molecule has 1 atom stereocenters. The maximum atomic E-state index is 12.7. The Morgan fingerprint density at radius 1 is 1.17 bits per heavy atom. The van der Waals surface area contributed by atoms with Crippen molar-refractivity contribution in [3.05, 3.63) is 59.2 Å². The zero-order chi connectivity index (χ0) is 20.8. The van der Waals surface area contributed by atoms with Gasteiger partial charge in [0.2, 0.25) is 0 Å². The highest BCUT2D eigenvalue weighted by Crippen LogP contribution is 2.28. The first kappa shape index (κ1) is 23.5. The molecule has 0 heterocycles. The molecule has 7 heteroatoms. The smallest absolute Gasteiger partial charge is 0.333 e. The maximum Gasteiger partial charge on any atom is 0.333 e. The van der Waals surface area contributed by atoms with E-state index in [0.29, 0.717) is 18.2 Å². The molecule has 1 saturated carbocycles. The maximum absolute atomic E-state index is 12.7. The van der Waals surface area contributed by atoms with Gasteiger partial charge in [-0.25, -0.2) is 4.79 Å². The number of esters is 1. The second-order valence-electron chi connectivity index (χ2n) is 7.58. The Morgan fingerprint density at radius 3 is 2.43 bits per heavy atom. The summed E-state index contributed by atoms with van der Waals surface area (Å²) in [6.07, 6.45) is 4.90. The van der Waals surface area contributed by atoms with E-state index in [0.717, 1.165) is 22.5 Å². The molecule has 0 saturated heterocycles. The van der Waals surface area contributed by atoms with Crippen LogP contribution in [0.15, 0.2) is 42.5 Å². The van der Waals surface area contributed by atoms with Crippen LogP contribution in [0.25, 0.3) is 0 Å². The molecule has 30 heavy (non-hydrogen) atoms. The van der Waals surface area contributed by atoms with Gasteiger partial charge in [0.15, 0.2) is 6.04 Å². The van der Waals surface area contributed by atoms with Crippen molar-refractivity contribution in [2.75, 3.05) is 17.2 Å². The van der Waals surface area contributed by atoms with Crippen molar-refractivity contribution in [1.82, 2.24) is 0 Å². The fourth-order valence-electron chi connectivity index (χ4n) is 3.79. The molecule has 2 aromatic rings. The van der Waals surface area contributed by atoms with Crippen molar-refractivity contribution in [2.45, 2.75) is 51.6 Å². The van der Waals surface area contributed by atoms with Crippen molar-refractivity contribution >= 4 is 35.6 Å². The Morgan fingerprint density at radius 2 is 1.83 bits per heavy atom. The van der Waals surface area contributed by atoms with Gasteiger partial charge in [-0.3, -0.25) is 5.41 Å². The summed E-state index contributed by atoms with van der Waals surface area (Å²) in [5.41, 5.74) is 9.92. The fourth-order valence-corrected chi connectivity index (χ4v) is 3.79. The second-order valence-corrected chi connectivity index (χ2v) is 7.58. The molecule has 0 spiro atoms. The van der Waals surface area contributed by atoms with Gasteiger partial charge in [0.25, 0.3) is 0 Å². The molecule has 5 N–H and O–H groups in total. The topological polar surface area (TPSA) is 100 Å². The molecule has 1 fully saturated rings. The van der Waals surface area contributed by atoms with Crippen LogP contribution in [-0.2, 0) is 9.53 Å². The molecule has 1 aliphatic carbocycles. The Labute approximate surface area is 184 Å². The zero-order valence-corrected chi connectivity index (χ0v) is 18.4. The molecule has 1 unspecified atom stereocenters. The van der Waals surface area contributed by atoms with E-state index in [1.165, 1.54) is 25.7 Å². The van der Waals surface area contributed by atoms with Gasteiger partial charge in [0.1, 0.15) is 5.84 Å². The number of hydrogen-bond acceptors (Lipinski definition) is 5. The molecule has 0 aromatic heterocycles. The summed E-state index contributed by atoms with van der Waals surface area (Å²) in [6.45, 7) is 4.16. The van der Waals surface area contributed by atoms with E-state index in [1.54, 1.807) is 19.1 Å². The number of halogens is 1. The average molecular weight is 431 g/mol.